The largest absolute Gasteiger partial charge is 0.264 e. The minimum atomic E-state index is -3.83. The highest BCUT2D eigenvalue weighted by Gasteiger charge is 2.31. The molecule has 27 heavy (non-hydrogen) atoms. The Morgan fingerprint density at radius 1 is 1.04 bits per heavy atom. The van der Waals surface area contributed by atoms with E-state index >= 15 is 0 Å². The van der Waals surface area contributed by atoms with Crippen molar-refractivity contribution in [3.63, 3.8) is 0 Å². The molecule has 9 heteroatoms. The molecular formula is C18H18N2O4S3. The van der Waals surface area contributed by atoms with Gasteiger partial charge in [0.15, 0.2) is 9.84 Å². The van der Waals surface area contributed by atoms with Crippen LogP contribution >= 0.6 is 11.3 Å². The normalized spacial score (nSPS) is 13.4. The highest BCUT2D eigenvalue weighted by Crippen LogP contribution is 2.29. The Hall–Kier alpha value is -2.07. The first kappa shape index (κ1) is 19.7. The van der Waals surface area contributed by atoms with Gasteiger partial charge in [-0.2, -0.15) is 0 Å². The van der Waals surface area contributed by atoms with Crippen LogP contribution in [0.3, 0.4) is 0 Å². The van der Waals surface area contributed by atoms with Gasteiger partial charge in [0.05, 0.1) is 4.90 Å². The molecule has 0 aliphatic heterocycles. The van der Waals surface area contributed by atoms with Crippen molar-refractivity contribution in [3.8, 4) is 0 Å². The van der Waals surface area contributed by atoms with Crippen LogP contribution in [0.25, 0.3) is 0 Å². The summed E-state index contributed by atoms with van der Waals surface area (Å²) in [5.74, 6) is 0. The Kier molecular flexibility index (Phi) is 5.75. The first-order valence-electron chi connectivity index (χ1n) is 8.04. The predicted octanol–water partition coefficient (Wildman–Crippen LogP) is 2.95. The topological polar surface area (TPSA) is 93.2 Å². The van der Waals surface area contributed by atoms with Crippen LogP contribution in [-0.2, 0) is 19.9 Å². The lowest BCUT2D eigenvalue weighted by Crippen LogP contribution is -2.31. The molecule has 0 spiro atoms. The molecule has 0 aliphatic rings. The number of pyridine rings is 1. The number of hydrogen-bond donors (Lipinski definition) is 1. The Labute approximate surface area is 162 Å². The fourth-order valence-corrected chi connectivity index (χ4v) is 6.37. The zero-order valence-corrected chi connectivity index (χ0v) is 16.9. The highest BCUT2D eigenvalue weighted by atomic mass is 32.2. The Morgan fingerprint density at radius 3 is 2.37 bits per heavy atom. The second kappa shape index (κ2) is 7.89. The lowest BCUT2D eigenvalue weighted by atomic mass is 10.2. The van der Waals surface area contributed by atoms with E-state index in [4.69, 9.17) is 0 Å². The summed E-state index contributed by atoms with van der Waals surface area (Å²) in [6.07, 6.45) is 2.98. The molecule has 0 fully saturated rings. The minimum absolute atomic E-state index is 0.136. The number of benzene rings is 1. The van der Waals surface area contributed by atoms with Gasteiger partial charge in [-0.15, -0.1) is 11.3 Å². The molecule has 0 bridgehead atoms. The lowest BCUT2D eigenvalue weighted by Gasteiger charge is -2.18. The van der Waals surface area contributed by atoms with E-state index in [0.29, 0.717) is 5.56 Å². The molecule has 2 heterocycles. The van der Waals surface area contributed by atoms with Crippen LogP contribution < -0.4 is 4.72 Å². The lowest BCUT2D eigenvalue weighted by molar-refractivity contribution is 0.569. The summed E-state index contributed by atoms with van der Waals surface area (Å²) in [5, 5.41) is 0.555. The molecule has 0 saturated heterocycles. The number of nitrogens with zero attached hydrogens (tertiary/aromatic N) is 1. The number of hydrogen-bond acceptors (Lipinski definition) is 6. The fraction of sp³-hybridized carbons (Fsp3) is 0.167. The maximum atomic E-state index is 13.2. The zero-order valence-electron chi connectivity index (χ0n) is 14.4. The molecule has 0 unspecified atom stereocenters. The Balaban J connectivity index is 1.96. The average Bonchev–Trinajstić information content (AvgIpc) is 3.18. The summed E-state index contributed by atoms with van der Waals surface area (Å²) in [7, 11) is -7.61. The third-order valence-electron chi connectivity index (χ3n) is 4.00. The van der Waals surface area contributed by atoms with E-state index in [1.165, 1.54) is 30.6 Å². The van der Waals surface area contributed by atoms with E-state index in [9.17, 15) is 16.8 Å². The number of sulfonamides is 1. The van der Waals surface area contributed by atoms with Gasteiger partial charge < -0.3 is 0 Å². The number of sulfone groups is 1. The molecule has 142 valence electrons. The van der Waals surface area contributed by atoms with E-state index < -0.39 is 25.1 Å². The van der Waals surface area contributed by atoms with E-state index in [2.05, 4.69) is 9.71 Å². The molecule has 6 nitrogen and oxygen atoms in total. The third kappa shape index (κ3) is 4.44. The molecule has 0 radical (unpaired) electrons. The van der Waals surface area contributed by atoms with Crippen LogP contribution in [0.4, 0.5) is 0 Å². The molecule has 0 amide bonds. The van der Waals surface area contributed by atoms with Crippen molar-refractivity contribution in [2.45, 2.75) is 21.3 Å². The number of aryl methyl sites for hydroxylation is 1. The smallest absolute Gasteiger partial charge is 0.250 e. The first-order chi connectivity index (χ1) is 12.8. The number of rotatable bonds is 7. The van der Waals surface area contributed by atoms with Crippen molar-refractivity contribution >= 4 is 31.2 Å². The molecule has 3 rings (SSSR count). The van der Waals surface area contributed by atoms with Gasteiger partial charge in [-0.3, -0.25) is 4.98 Å². The summed E-state index contributed by atoms with van der Waals surface area (Å²) in [5.41, 5.74) is 1.36. The van der Waals surface area contributed by atoms with Gasteiger partial charge in [0.2, 0.25) is 10.0 Å². The Bertz CT molecular complexity index is 1090. The van der Waals surface area contributed by atoms with Gasteiger partial charge in [-0.05, 0) is 42.1 Å². The average molecular weight is 423 g/mol. The van der Waals surface area contributed by atoms with Gasteiger partial charge in [0.1, 0.15) is 9.46 Å². The third-order valence-corrected chi connectivity index (χ3v) is 8.94. The summed E-state index contributed by atoms with van der Waals surface area (Å²) in [6, 6.07) is 12.8. The van der Waals surface area contributed by atoms with Gasteiger partial charge >= 0.3 is 0 Å². The summed E-state index contributed by atoms with van der Waals surface area (Å²) >= 11 is 1.07. The van der Waals surface area contributed by atoms with Crippen molar-refractivity contribution in [3.05, 3.63) is 77.4 Å². The molecule has 0 saturated carbocycles. The van der Waals surface area contributed by atoms with E-state index in [0.717, 1.165) is 16.9 Å². The standard InChI is InChI=1S/C18H18N2O4S3/c1-14-6-8-16(9-7-14)26(21,22)17(15-4-2-10-19-12-15)13-20-27(23,24)18-5-3-11-25-18/h2-12,17,20H,13H2,1H3/t17-/m0/s1. The SMILES string of the molecule is Cc1ccc(S(=O)(=O)[C@@H](CNS(=O)(=O)c2cccs2)c2cccnc2)cc1. The van der Waals surface area contributed by atoms with E-state index in [-0.39, 0.29) is 15.6 Å². The second-order valence-electron chi connectivity index (χ2n) is 5.92. The molecular weight excluding hydrogens is 404 g/mol. The van der Waals surface area contributed by atoms with Crippen LogP contribution in [-0.4, -0.2) is 28.4 Å². The zero-order chi connectivity index (χ0) is 19.5. The van der Waals surface area contributed by atoms with Crippen LogP contribution in [0.5, 0.6) is 0 Å². The van der Waals surface area contributed by atoms with Crippen LogP contribution in [0.1, 0.15) is 16.4 Å². The van der Waals surface area contributed by atoms with Crippen molar-refractivity contribution < 1.29 is 16.8 Å². The van der Waals surface area contributed by atoms with Gasteiger partial charge in [-0.1, -0.05) is 29.8 Å². The number of aromatic nitrogens is 1. The first-order valence-corrected chi connectivity index (χ1v) is 12.0. The Morgan fingerprint density at radius 2 is 1.78 bits per heavy atom. The molecule has 2 aromatic heterocycles. The molecule has 0 aliphatic carbocycles. The van der Waals surface area contributed by atoms with Crippen LogP contribution in [0.2, 0.25) is 0 Å². The fourth-order valence-electron chi connectivity index (χ4n) is 2.54. The molecule has 3 aromatic rings. The molecule has 1 atom stereocenters. The minimum Gasteiger partial charge on any atom is -0.264 e. The summed E-state index contributed by atoms with van der Waals surface area (Å²) < 4.78 is 53.8. The van der Waals surface area contributed by atoms with Gasteiger partial charge in [0, 0.05) is 18.9 Å². The van der Waals surface area contributed by atoms with Crippen LogP contribution in [0, 0.1) is 6.92 Å². The predicted molar refractivity (Wildman–Crippen MR) is 105 cm³/mol. The second-order valence-corrected chi connectivity index (χ2v) is 11.0. The van der Waals surface area contributed by atoms with Crippen molar-refractivity contribution in [1.82, 2.24) is 9.71 Å². The maximum absolute atomic E-state index is 13.2. The van der Waals surface area contributed by atoms with Gasteiger partial charge in [-0.25, -0.2) is 21.6 Å². The van der Waals surface area contributed by atoms with E-state index in [1.807, 2.05) is 6.92 Å². The maximum Gasteiger partial charge on any atom is 0.250 e. The molecule has 1 N–H and O–H groups in total. The summed E-state index contributed by atoms with van der Waals surface area (Å²) in [4.78, 5) is 4.12. The highest BCUT2D eigenvalue weighted by molar-refractivity contribution is 7.92. The van der Waals surface area contributed by atoms with Crippen molar-refractivity contribution in [1.29, 1.82) is 0 Å². The van der Waals surface area contributed by atoms with Gasteiger partial charge in [0.25, 0.3) is 0 Å². The summed E-state index contributed by atoms with van der Waals surface area (Å²) in [6.45, 7) is 1.58. The number of thiophene rings is 1. The van der Waals surface area contributed by atoms with Crippen molar-refractivity contribution in [2.24, 2.45) is 0 Å². The van der Waals surface area contributed by atoms with Crippen molar-refractivity contribution in [2.75, 3.05) is 6.54 Å². The monoisotopic (exact) mass is 422 g/mol. The van der Waals surface area contributed by atoms with E-state index in [1.54, 1.807) is 35.7 Å². The quantitative estimate of drug-likeness (QED) is 0.632. The van der Waals surface area contributed by atoms with Crippen LogP contribution in [0.15, 0.2) is 75.4 Å². The number of nitrogens with one attached hydrogen (secondary N) is 1. The molecule has 1 aromatic carbocycles.